The van der Waals surface area contributed by atoms with Gasteiger partial charge in [-0.2, -0.15) is 0 Å². The molecular weight excluding hydrogens is 391 g/mol. The summed E-state index contributed by atoms with van der Waals surface area (Å²) in [5.41, 5.74) is 2.71. The monoisotopic (exact) mass is 414 g/mol. The maximum atomic E-state index is 13.4. The number of nitrogens with zero attached hydrogens (tertiary/aromatic N) is 3. The minimum Gasteiger partial charge on any atom is -0.367 e. The third-order valence-corrected chi connectivity index (χ3v) is 6.91. The number of pyridine rings is 1. The number of hydrogen-bond acceptors (Lipinski definition) is 5. The molecule has 4 rings (SSSR count). The second-order valence-electron chi connectivity index (χ2n) is 7.68. The molecule has 3 heterocycles. The van der Waals surface area contributed by atoms with Crippen molar-refractivity contribution in [1.82, 2.24) is 14.5 Å². The van der Waals surface area contributed by atoms with Crippen LogP contribution in [0.5, 0.6) is 0 Å². The molecule has 1 N–H and O–H groups in total. The van der Waals surface area contributed by atoms with E-state index in [0.29, 0.717) is 35.2 Å². The molecule has 2 aromatic heterocycles. The van der Waals surface area contributed by atoms with Gasteiger partial charge in [-0.15, -0.1) is 0 Å². The molecule has 0 bridgehead atoms. The van der Waals surface area contributed by atoms with Crippen LogP contribution in [0.3, 0.4) is 0 Å². The van der Waals surface area contributed by atoms with Crippen molar-refractivity contribution < 1.29 is 12.8 Å². The topological polar surface area (TPSA) is 76.9 Å². The molecule has 1 aliphatic rings. The summed E-state index contributed by atoms with van der Waals surface area (Å²) in [7, 11) is -3.43. The highest BCUT2D eigenvalue weighted by Gasteiger charge is 2.33. The van der Waals surface area contributed by atoms with Crippen molar-refractivity contribution in [1.29, 1.82) is 0 Å². The van der Waals surface area contributed by atoms with Crippen LogP contribution in [-0.2, 0) is 16.4 Å². The van der Waals surface area contributed by atoms with Crippen LogP contribution >= 0.6 is 0 Å². The van der Waals surface area contributed by atoms with Gasteiger partial charge in [0.25, 0.3) is 0 Å². The Morgan fingerprint density at radius 2 is 1.83 bits per heavy atom. The molecule has 0 radical (unpaired) electrons. The molecule has 3 aromatic rings. The lowest BCUT2D eigenvalue weighted by Gasteiger charge is -2.18. The molecule has 0 saturated carbocycles. The largest absolute Gasteiger partial charge is 0.367 e. The number of hydrogen-bond donors (Lipinski definition) is 1. The first-order valence-electron chi connectivity index (χ1n) is 9.58. The predicted molar refractivity (Wildman–Crippen MR) is 111 cm³/mol. The highest BCUT2D eigenvalue weighted by molar-refractivity contribution is 7.91. The van der Waals surface area contributed by atoms with E-state index in [1.165, 1.54) is 12.1 Å². The molecule has 0 spiro atoms. The second kappa shape index (κ2) is 7.26. The van der Waals surface area contributed by atoms with Crippen LogP contribution in [0.15, 0.2) is 47.8 Å². The molecule has 0 fully saturated rings. The Bertz CT molecular complexity index is 1150. The fourth-order valence-electron chi connectivity index (χ4n) is 3.34. The molecule has 1 unspecified atom stereocenters. The average Bonchev–Trinajstić information content (AvgIpc) is 3.20. The van der Waals surface area contributed by atoms with Crippen LogP contribution in [0, 0.1) is 11.7 Å². The Kier molecular flexibility index (Phi) is 4.90. The van der Waals surface area contributed by atoms with E-state index in [1.807, 2.05) is 12.1 Å². The van der Waals surface area contributed by atoms with Crippen molar-refractivity contribution in [2.24, 2.45) is 5.92 Å². The number of halogens is 1. The Balaban J connectivity index is 1.86. The van der Waals surface area contributed by atoms with Crippen LogP contribution in [0.2, 0.25) is 0 Å². The highest BCUT2D eigenvalue weighted by Crippen LogP contribution is 2.37. The first-order valence-corrected chi connectivity index (χ1v) is 11.2. The summed E-state index contributed by atoms with van der Waals surface area (Å²) in [5.74, 6) is 0.824. The number of fused-ring (bicyclic) bond motifs is 1. The number of sulfone groups is 1. The van der Waals surface area contributed by atoms with Crippen molar-refractivity contribution in [2.75, 3.05) is 11.1 Å². The first-order chi connectivity index (χ1) is 13.8. The zero-order valence-electron chi connectivity index (χ0n) is 16.6. The van der Waals surface area contributed by atoms with Crippen molar-refractivity contribution in [3.8, 4) is 22.5 Å². The molecule has 0 saturated heterocycles. The zero-order valence-corrected chi connectivity index (χ0v) is 17.4. The summed E-state index contributed by atoms with van der Waals surface area (Å²) >= 11 is 0. The molecule has 29 heavy (non-hydrogen) atoms. The number of imidazole rings is 1. The Morgan fingerprint density at radius 1 is 1.10 bits per heavy atom. The standard InChI is InChI=1S/C21H23FN4O2S/c1-13(2)14(3)24-18-12-16(8-9-23-18)20-19(15-4-6-17(22)7-5-15)25-21-26(20)10-11-29(21,27)28/h4-9,12-14H,10-11H2,1-3H3,(H,23,24). The van der Waals surface area contributed by atoms with Gasteiger partial charge in [-0.1, -0.05) is 13.8 Å². The van der Waals surface area contributed by atoms with Crippen molar-refractivity contribution in [3.05, 3.63) is 48.4 Å². The van der Waals surface area contributed by atoms with E-state index in [2.05, 4.69) is 36.1 Å². The predicted octanol–water partition coefficient (Wildman–Crippen LogP) is 3.99. The quantitative estimate of drug-likeness (QED) is 0.683. The molecule has 1 atom stereocenters. The first kappa shape index (κ1) is 19.6. The molecule has 0 amide bonds. The Morgan fingerprint density at radius 3 is 2.52 bits per heavy atom. The van der Waals surface area contributed by atoms with E-state index < -0.39 is 9.84 Å². The molecule has 8 heteroatoms. The van der Waals surface area contributed by atoms with E-state index in [0.717, 1.165) is 5.56 Å². The number of anilines is 1. The molecule has 6 nitrogen and oxygen atoms in total. The van der Waals surface area contributed by atoms with Gasteiger partial charge in [0.2, 0.25) is 15.0 Å². The Hall–Kier alpha value is -2.74. The van der Waals surface area contributed by atoms with Crippen LogP contribution < -0.4 is 5.32 Å². The summed E-state index contributed by atoms with van der Waals surface area (Å²) in [6, 6.07) is 9.90. The average molecular weight is 415 g/mol. The fraction of sp³-hybridized carbons (Fsp3) is 0.333. The summed E-state index contributed by atoms with van der Waals surface area (Å²) < 4.78 is 40.1. The van der Waals surface area contributed by atoms with E-state index in [-0.39, 0.29) is 22.8 Å². The van der Waals surface area contributed by atoms with Gasteiger partial charge in [-0.25, -0.2) is 22.8 Å². The molecule has 1 aromatic carbocycles. The molecule has 0 aliphatic carbocycles. The van der Waals surface area contributed by atoms with E-state index in [9.17, 15) is 12.8 Å². The van der Waals surface area contributed by atoms with Crippen LogP contribution in [-0.4, -0.2) is 34.7 Å². The second-order valence-corrected chi connectivity index (χ2v) is 9.68. The summed E-state index contributed by atoms with van der Waals surface area (Å²) in [5, 5.41) is 3.45. The maximum absolute atomic E-state index is 13.4. The number of rotatable bonds is 5. The SMILES string of the molecule is CC(C)C(C)Nc1cc(-c2c(-c3ccc(F)cc3)nc3n2CCS3(=O)=O)ccn1. The third-order valence-electron chi connectivity index (χ3n) is 5.32. The Labute approximate surface area is 169 Å². The third kappa shape index (κ3) is 3.64. The summed E-state index contributed by atoms with van der Waals surface area (Å²) in [6.07, 6.45) is 1.70. The number of aromatic nitrogens is 3. The lowest BCUT2D eigenvalue weighted by atomic mass is 10.0. The van der Waals surface area contributed by atoms with E-state index >= 15 is 0 Å². The smallest absolute Gasteiger partial charge is 0.228 e. The van der Waals surface area contributed by atoms with Gasteiger partial charge in [-0.3, -0.25) is 0 Å². The highest BCUT2D eigenvalue weighted by atomic mass is 32.2. The lowest BCUT2D eigenvalue weighted by molar-refractivity contribution is 0.558. The minimum atomic E-state index is -3.43. The van der Waals surface area contributed by atoms with E-state index in [1.54, 1.807) is 22.9 Å². The minimum absolute atomic E-state index is 0.0343. The van der Waals surface area contributed by atoms with Gasteiger partial charge in [0, 0.05) is 29.9 Å². The molecule has 1 aliphatic heterocycles. The van der Waals surface area contributed by atoms with Crippen LogP contribution in [0.1, 0.15) is 20.8 Å². The maximum Gasteiger partial charge on any atom is 0.228 e. The lowest BCUT2D eigenvalue weighted by Crippen LogP contribution is -2.22. The molecule has 152 valence electrons. The summed E-state index contributed by atoms with van der Waals surface area (Å²) in [4.78, 5) is 8.85. The van der Waals surface area contributed by atoms with E-state index in [4.69, 9.17) is 0 Å². The van der Waals surface area contributed by atoms with Crippen molar-refractivity contribution in [2.45, 2.75) is 38.5 Å². The van der Waals surface area contributed by atoms with Gasteiger partial charge in [0.15, 0.2) is 0 Å². The van der Waals surface area contributed by atoms with Crippen molar-refractivity contribution >= 4 is 15.7 Å². The van der Waals surface area contributed by atoms with Gasteiger partial charge in [-0.05, 0) is 49.2 Å². The van der Waals surface area contributed by atoms with Crippen molar-refractivity contribution in [3.63, 3.8) is 0 Å². The number of nitrogens with one attached hydrogen (secondary N) is 1. The molecular formula is C21H23FN4O2S. The van der Waals surface area contributed by atoms with Crippen LogP contribution in [0.4, 0.5) is 10.2 Å². The number of benzene rings is 1. The van der Waals surface area contributed by atoms with Gasteiger partial charge in [0.05, 0.1) is 17.1 Å². The van der Waals surface area contributed by atoms with Gasteiger partial charge >= 0.3 is 0 Å². The summed E-state index contributed by atoms with van der Waals surface area (Å²) in [6.45, 7) is 6.69. The van der Waals surface area contributed by atoms with Crippen LogP contribution in [0.25, 0.3) is 22.5 Å². The van der Waals surface area contributed by atoms with Gasteiger partial charge < -0.3 is 9.88 Å². The fourth-order valence-corrected chi connectivity index (χ4v) is 4.69. The zero-order chi connectivity index (χ0) is 20.8. The normalized spacial score (nSPS) is 16.0. The van der Waals surface area contributed by atoms with Gasteiger partial charge in [0.1, 0.15) is 11.6 Å².